The first kappa shape index (κ1) is 9.65. The van der Waals surface area contributed by atoms with Crippen LogP contribution in [0.1, 0.15) is 26.7 Å². The van der Waals surface area contributed by atoms with E-state index in [-0.39, 0.29) is 10.7 Å². The molecule has 1 aliphatic rings. The highest BCUT2D eigenvalue weighted by molar-refractivity contribution is 8.03. The topological polar surface area (TPSA) is 26.3 Å². The van der Waals surface area contributed by atoms with Crippen molar-refractivity contribution in [2.45, 2.75) is 31.4 Å². The minimum atomic E-state index is -0.186. The Morgan fingerprint density at radius 3 is 3.00 bits per heavy atom. The zero-order valence-electron chi connectivity index (χ0n) is 7.50. The molecule has 1 heterocycles. The van der Waals surface area contributed by atoms with Crippen LogP contribution in [0.3, 0.4) is 0 Å². The highest BCUT2D eigenvalue weighted by atomic mass is 32.2. The van der Waals surface area contributed by atoms with Gasteiger partial charge in [0.2, 0.25) is 0 Å². The molecule has 0 radical (unpaired) electrons. The number of rotatable bonds is 3. The van der Waals surface area contributed by atoms with Gasteiger partial charge in [-0.1, -0.05) is 6.08 Å². The van der Waals surface area contributed by atoms with Gasteiger partial charge in [0.25, 0.3) is 0 Å². The average Bonchev–Trinajstić information content (AvgIpc) is 2.35. The van der Waals surface area contributed by atoms with Crippen LogP contribution in [0.25, 0.3) is 0 Å². The second-order valence-electron chi connectivity index (χ2n) is 3.23. The zero-order chi connectivity index (χ0) is 9.03. The van der Waals surface area contributed by atoms with Crippen molar-refractivity contribution in [1.82, 2.24) is 0 Å². The van der Waals surface area contributed by atoms with Crippen LogP contribution in [0.5, 0.6) is 0 Å². The zero-order valence-corrected chi connectivity index (χ0v) is 8.32. The minimum absolute atomic E-state index is 0.186. The van der Waals surface area contributed by atoms with Crippen molar-refractivity contribution in [3.8, 4) is 0 Å². The molecule has 0 aromatic heterocycles. The summed E-state index contributed by atoms with van der Waals surface area (Å²) in [4.78, 5) is 10.5. The van der Waals surface area contributed by atoms with Gasteiger partial charge in [-0.2, -0.15) is 0 Å². The lowest BCUT2D eigenvalue weighted by Gasteiger charge is -2.21. The standard InChI is InChI=1S/C9H14O2S/c1-8(10)11-6-5-9(2)4-3-7-12-9/h3,7H,4-6H2,1-2H3. The Bertz CT molecular complexity index is 191. The van der Waals surface area contributed by atoms with E-state index in [0.29, 0.717) is 6.61 Å². The Labute approximate surface area is 77.4 Å². The average molecular weight is 186 g/mol. The van der Waals surface area contributed by atoms with Gasteiger partial charge in [-0.25, -0.2) is 0 Å². The molecule has 0 saturated heterocycles. The maximum absolute atomic E-state index is 10.5. The summed E-state index contributed by atoms with van der Waals surface area (Å²) in [5.41, 5.74) is 0. The van der Waals surface area contributed by atoms with E-state index in [2.05, 4.69) is 18.4 Å². The number of hydrogen-bond acceptors (Lipinski definition) is 3. The summed E-state index contributed by atoms with van der Waals surface area (Å²) in [6, 6.07) is 0. The molecule has 2 nitrogen and oxygen atoms in total. The molecule has 0 aromatic rings. The molecule has 0 N–H and O–H groups in total. The molecule has 1 atom stereocenters. The number of allylic oxidation sites excluding steroid dienone is 1. The van der Waals surface area contributed by atoms with E-state index in [0.717, 1.165) is 12.8 Å². The largest absolute Gasteiger partial charge is 0.466 e. The molecule has 0 saturated carbocycles. The first-order valence-corrected chi connectivity index (χ1v) is 4.97. The Balaban J connectivity index is 2.18. The van der Waals surface area contributed by atoms with E-state index in [4.69, 9.17) is 4.74 Å². The normalized spacial score (nSPS) is 27.5. The number of thioether (sulfide) groups is 1. The summed E-state index contributed by atoms with van der Waals surface area (Å²) in [6.07, 6.45) is 4.18. The van der Waals surface area contributed by atoms with E-state index >= 15 is 0 Å². The smallest absolute Gasteiger partial charge is 0.302 e. The molecule has 0 aliphatic carbocycles. The second-order valence-corrected chi connectivity index (χ2v) is 4.73. The van der Waals surface area contributed by atoms with Crippen LogP contribution in [0.15, 0.2) is 11.5 Å². The van der Waals surface area contributed by atoms with Crippen LogP contribution < -0.4 is 0 Å². The third kappa shape index (κ3) is 2.89. The van der Waals surface area contributed by atoms with E-state index < -0.39 is 0 Å². The summed E-state index contributed by atoms with van der Waals surface area (Å²) in [5, 5.41) is 2.12. The number of ether oxygens (including phenoxy) is 1. The molecule has 68 valence electrons. The van der Waals surface area contributed by atoms with Crippen molar-refractivity contribution in [2.24, 2.45) is 0 Å². The predicted octanol–water partition coefficient (Wildman–Crippen LogP) is 2.35. The van der Waals surface area contributed by atoms with Crippen LogP contribution >= 0.6 is 11.8 Å². The van der Waals surface area contributed by atoms with Gasteiger partial charge in [-0.15, -0.1) is 11.8 Å². The summed E-state index contributed by atoms with van der Waals surface area (Å²) >= 11 is 1.82. The molecule has 1 aliphatic heterocycles. The third-order valence-electron chi connectivity index (χ3n) is 1.93. The van der Waals surface area contributed by atoms with Crippen molar-refractivity contribution in [3.05, 3.63) is 11.5 Å². The van der Waals surface area contributed by atoms with Gasteiger partial charge in [-0.3, -0.25) is 4.79 Å². The SMILES string of the molecule is CC(=O)OCCC1(C)CC=CS1. The summed E-state index contributed by atoms with van der Waals surface area (Å²) < 4.78 is 5.15. The van der Waals surface area contributed by atoms with Gasteiger partial charge in [-0.05, 0) is 25.2 Å². The van der Waals surface area contributed by atoms with Crippen molar-refractivity contribution in [2.75, 3.05) is 6.61 Å². The molecule has 0 fully saturated rings. The maximum atomic E-state index is 10.5. The van der Waals surface area contributed by atoms with Gasteiger partial charge in [0.05, 0.1) is 6.61 Å². The van der Waals surface area contributed by atoms with Gasteiger partial charge >= 0.3 is 5.97 Å². The second kappa shape index (κ2) is 3.99. The van der Waals surface area contributed by atoms with E-state index in [1.54, 1.807) is 0 Å². The lowest BCUT2D eigenvalue weighted by Crippen LogP contribution is -2.19. The number of hydrogen-bond donors (Lipinski definition) is 0. The van der Waals surface area contributed by atoms with Gasteiger partial charge in [0, 0.05) is 11.7 Å². The fraction of sp³-hybridized carbons (Fsp3) is 0.667. The van der Waals surface area contributed by atoms with Crippen LogP contribution in [-0.4, -0.2) is 17.3 Å². The van der Waals surface area contributed by atoms with Crippen LogP contribution in [-0.2, 0) is 9.53 Å². The number of carbonyl (C=O) groups is 1. The Kier molecular flexibility index (Phi) is 3.20. The van der Waals surface area contributed by atoms with E-state index in [1.807, 2.05) is 11.8 Å². The highest BCUT2D eigenvalue weighted by Gasteiger charge is 2.25. The molecule has 0 bridgehead atoms. The molecule has 0 spiro atoms. The number of carbonyl (C=O) groups excluding carboxylic acids is 1. The van der Waals surface area contributed by atoms with Crippen LogP contribution in [0.4, 0.5) is 0 Å². The van der Waals surface area contributed by atoms with Crippen molar-refractivity contribution in [1.29, 1.82) is 0 Å². The molecule has 12 heavy (non-hydrogen) atoms. The molecule has 1 unspecified atom stereocenters. The van der Waals surface area contributed by atoms with Gasteiger partial charge < -0.3 is 4.74 Å². The molecule has 1 rings (SSSR count). The van der Waals surface area contributed by atoms with Crippen molar-refractivity contribution >= 4 is 17.7 Å². The van der Waals surface area contributed by atoms with Gasteiger partial charge in [0.15, 0.2) is 0 Å². The van der Waals surface area contributed by atoms with Crippen LogP contribution in [0.2, 0.25) is 0 Å². The van der Waals surface area contributed by atoms with Gasteiger partial charge in [0.1, 0.15) is 0 Å². The molecular formula is C9H14O2S. The monoisotopic (exact) mass is 186 g/mol. The summed E-state index contributed by atoms with van der Waals surface area (Å²) in [6.45, 7) is 4.18. The van der Waals surface area contributed by atoms with Crippen molar-refractivity contribution in [3.63, 3.8) is 0 Å². The Hall–Kier alpha value is -0.440. The first-order valence-electron chi connectivity index (χ1n) is 4.09. The highest BCUT2D eigenvalue weighted by Crippen LogP contribution is 2.38. The molecule has 3 heteroatoms. The molecular weight excluding hydrogens is 172 g/mol. The molecule has 0 amide bonds. The fourth-order valence-corrected chi connectivity index (χ4v) is 2.04. The first-order chi connectivity index (χ1) is 5.62. The maximum Gasteiger partial charge on any atom is 0.302 e. The Morgan fingerprint density at radius 1 is 1.75 bits per heavy atom. The minimum Gasteiger partial charge on any atom is -0.466 e. The Morgan fingerprint density at radius 2 is 2.50 bits per heavy atom. The fourth-order valence-electron chi connectivity index (χ4n) is 1.13. The summed E-state index contributed by atoms with van der Waals surface area (Å²) in [7, 11) is 0. The lowest BCUT2D eigenvalue weighted by molar-refractivity contribution is -0.141. The van der Waals surface area contributed by atoms with E-state index in [1.165, 1.54) is 6.92 Å². The lowest BCUT2D eigenvalue weighted by atomic mass is 10.0. The van der Waals surface area contributed by atoms with Crippen LogP contribution in [0, 0.1) is 0 Å². The molecule has 0 aromatic carbocycles. The quantitative estimate of drug-likeness (QED) is 0.633. The van der Waals surface area contributed by atoms with Crippen molar-refractivity contribution < 1.29 is 9.53 Å². The summed E-state index contributed by atoms with van der Waals surface area (Å²) in [5.74, 6) is -0.186. The third-order valence-corrected chi connectivity index (χ3v) is 3.20. The number of esters is 1. The van der Waals surface area contributed by atoms with E-state index in [9.17, 15) is 4.79 Å². The predicted molar refractivity (Wildman–Crippen MR) is 51.0 cm³/mol.